The first-order valence-electron chi connectivity index (χ1n) is 5.84. The minimum absolute atomic E-state index is 0.166. The topological polar surface area (TPSA) is 12.0 Å². The molecule has 0 spiro atoms. The molecule has 1 atom stereocenters. The van der Waals surface area contributed by atoms with E-state index in [-0.39, 0.29) is 5.82 Å². The van der Waals surface area contributed by atoms with E-state index in [1.54, 1.807) is 12.1 Å². The molecule has 1 aromatic carbocycles. The Morgan fingerprint density at radius 3 is 2.75 bits per heavy atom. The minimum Gasteiger partial charge on any atom is -0.314 e. The second kappa shape index (κ2) is 6.87. The van der Waals surface area contributed by atoms with Gasteiger partial charge in [-0.05, 0) is 49.6 Å². The molecule has 0 aliphatic rings. The molecule has 0 amide bonds. The van der Waals surface area contributed by atoms with Crippen LogP contribution in [0.5, 0.6) is 0 Å². The summed E-state index contributed by atoms with van der Waals surface area (Å²) in [6.07, 6.45) is 2.78. The second-order valence-corrected chi connectivity index (χ2v) is 4.44. The Labute approximate surface area is 102 Å². The highest BCUT2D eigenvalue weighted by Gasteiger charge is 2.10. The highest BCUT2D eigenvalue weighted by Crippen LogP contribution is 2.17. The quantitative estimate of drug-likeness (QED) is 0.802. The highest BCUT2D eigenvalue weighted by atomic mass is 35.5. The normalized spacial score (nSPS) is 12.8. The Morgan fingerprint density at radius 2 is 2.12 bits per heavy atom. The van der Waals surface area contributed by atoms with Crippen LogP contribution < -0.4 is 5.32 Å². The standard InChI is InChI=1S/C13H19ClFN/c1-3-7-16-12(4-2)9-10-8-11(14)5-6-13(10)15/h5-6,8,12,16H,3-4,7,9H2,1-2H3. The molecule has 0 bridgehead atoms. The maximum Gasteiger partial charge on any atom is 0.126 e. The average molecular weight is 244 g/mol. The fourth-order valence-corrected chi connectivity index (χ4v) is 1.87. The van der Waals surface area contributed by atoms with Crippen LogP contribution in [0.3, 0.4) is 0 Å². The summed E-state index contributed by atoms with van der Waals surface area (Å²) in [7, 11) is 0. The van der Waals surface area contributed by atoms with Crippen LogP contribution in [0.1, 0.15) is 32.3 Å². The van der Waals surface area contributed by atoms with Crippen molar-refractivity contribution in [3.05, 3.63) is 34.6 Å². The maximum atomic E-state index is 13.5. The molecule has 1 rings (SSSR count). The van der Waals surface area contributed by atoms with Gasteiger partial charge < -0.3 is 5.32 Å². The Hall–Kier alpha value is -0.600. The molecule has 1 N–H and O–H groups in total. The van der Waals surface area contributed by atoms with Gasteiger partial charge in [0.2, 0.25) is 0 Å². The van der Waals surface area contributed by atoms with Gasteiger partial charge in [-0.1, -0.05) is 25.4 Å². The third-order valence-electron chi connectivity index (χ3n) is 2.65. The van der Waals surface area contributed by atoms with E-state index in [4.69, 9.17) is 11.6 Å². The zero-order valence-corrected chi connectivity index (χ0v) is 10.6. The molecule has 1 aromatic rings. The van der Waals surface area contributed by atoms with Crippen LogP contribution in [-0.4, -0.2) is 12.6 Å². The van der Waals surface area contributed by atoms with Crippen molar-refractivity contribution in [3.8, 4) is 0 Å². The highest BCUT2D eigenvalue weighted by molar-refractivity contribution is 6.30. The van der Waals surface area contributed by atoms with Crippen molar-refractivity contribution in [1.82, 2.24) is 5.32 Å². The molecule has 0 saturated heterocycles. The van der Waals surface area contributed by atoms with Gasteiger partial charge in [0.05, 0.1) is 0 Å². The first-order valence-corrected chi connectivity index (χ1v) is 6.22. The van der Waals surface area contributed by atoms with Crippen LogP contribution in [-0.2, 0) is 6.42 Å². The first kappa shape index (κ1) is 13.5. The first-order chi connectivity index (χ1) is 7.67. The summed E-state index contributed by atoms with van der Waals surface area (Å²) in [5.41, 5.74) is 0.697. The van der Waals surface area contributed by atoms with E-state index in [0.717, 1.165) is 19.4 Å². The summed E-state index contributed by atoms with van der Waals surface area (Å²) in [6, 6.07) is 5.06. The second-order valence-electron chi connectivity index (χ2n) is 4.00. The molecule has 0 aliphatic carbocycles. The SMILES string of the molecule is CCCNC(CC)Cc1cc(Cl)ccc1F. The Balaban J connectivity index is 2.65. The van der Waals surface area contributed by atoms with Gasteiger partial charge >= 0.3 is 0 Å². The van der Waals surface area contributed by atoms with E-state index in [1.807, 2.05) is 0 Å². The summed E-state index contributed by atoms with van der Waals surface area (Å²) < 4.78 is 13.5. The van der Waals surface area contributed by atoms with Crippen molar-refractivity contribution in [3.63, 3.8) is 0 Å². The van der Waals surface area contributed by atoms with Crippen LogP contribution in [0.25, 0.3) is 0 Å². The summed E-state index contributed by atoms with van der Waals surface area (Å²) in [6.45, 7) is 5.20. The third kappa shape index (κ3) is 4.11. The fraction of sp³-hybridized carbons (Fsp3) is 0.538. The fourth-order valence-electron chi connectivity index (χ4n) is 1.67. The zero-order valence-electron chi connectivity index (χ0n) is 9.89. The van der Waals surface area contributed by atoms with E-state index in [1.165, 1.54) is 6.07 Å². The Kier molecular flexibility index (Phi) is 5.78. The Bertz CT molecular complexity index is 328. The van der Waals surface area contributed by atoms with Gasteiger partial charge in [0, 0.05) is 11.1 Å². The largest absolute Gasteiger partial charge is 0.314 e. The maximum absolute atomic E-state index is 13.5. The van der Waals surface area contributed by atoms with Crippen molar-refractivity contribution >= 4 is 11.6 Å². The van der Waals surface area contributed by atoms with E-state index in [9.17, 15) is 4.39 Å². The lowest BCUT2D eigenvalue weighted by molar-refractivity contribution is 0.483. The lowest BCUT2D eigenvalue weighted by Gasteiger charge is -2.17. The number of hydrogen-bond donors (Lipinski definition) is 1. The molecule has 3 heteroatoms. The zero-order chi connectivity index (χ0) is 12.0. The third-order valence-corrected chi connectivity index (χ3v) is 2.88. The van der Waals surface area contributed by atoms with Gasteiger partial charge in [-0.3, -0.25) is 0 Å². The summed E-state index contributed by atoms with van der Waals surface area (Å²) in [5, 5.41) is 4.00. The molecule has 0 aliphatic heterocycles. The average Bonchev–Trinajstić information content (AvgIpc) is 2.28. The van der Waals surface area contributed by atoms with Crippen LogP contribution >= 0.6 is 11.6 Å². The number of nitrogens with one attached hydrogen (secondary N) is 1. The lowest BCUT2D eigenvalue weighted by atomic mass is 10.0. The minimum atomic E-state index is -0.166. The molecule has 16 heavy (non-hydrogen) atoms. The number of rotatable bonds is 6. The molecule has 0 saturated carbocycles. The summed E-state index contributed by atoms with van der Waals surface area (Å²) in [5.74, 6) is -0.166. The molecule has 1 nitrogen and oxygen atoms in total. The molecule has 1 unspecified atom stereocenters. The van der Waals surface area contributed by atoms with Gasteiger partial charge in [-0.2, -0.15) is 0 Å². The predicted molar refractivity (Wildman–Crippen MR) is 67.5 cm³/mol. The van der Waals surface area contributed by atoms with Crippen LogP contribution in [0.4, 0.5) is 4.39 Å². The van der Waals surface area contributed by atoms with Crippen LogP contribution in [0.15, 0.2) is 18.2 Å². The monoisotopic (exact) mass is 243 g/mol. The molecular formula is C13H19ClFN. The van der Waals surface area contributed by atoms with E-state index >= 15 is 0 Å². The van der Waals surface area contributed by atoms with Gasteiger partial charge in [0.1, 0.15) is 5.82 Å². The van der Waals surface area contributed by atoms with Crippen molar-refractivity contribution in [2.75, 3.05) is 6.54 Å². The van der Waals surface area contributed by atoms with Crippen LogP contribution in [0.2, 0.25) is 5.02 Å². The van der Waals surface area contributed by atoms with Gasteiger partial charge in [-0.25, -0.2) is 4.39 Å². The van der Waals surface area contributed by atoms with Crippen molar-refractivity contribution in [2.24, 2.45) is 0 Å². The van der Waals surface area contributed by atoms with Crippen molar-refractivity contribution < 1.29 is 4.39 Å². The molecule has 90 valence electrons. The van der Waals surface area contributed by atoms with Gasteiger partial charge in [-0.15, -0.1) is 0 Å². The smallest absolute Gasteiger partial charge is 0.126 e. The molecular weight excluding hydrogens is 225 g/mol. The van der Waals surface area contributed by atoms with Gasteiger partial charge in [0.25, 0.3) is 0 Å². The molecule has 0 aromatic heterocycles. The van der Waals surface area contributed by atoms with Crippen molar-refractivity contribution in [2.45, 2.75) is 39.2 Å². The Morgan fingerprint density at radius 1 is 1.38 bits per heavy atom. The molecule has 0 radical (unpaired) electrons. The number of benzene rings is 1. The van der Waals surface area contributed by atoms with E-state index in [0.29, 0.717) is 23.0 Å². The van der Waals surface area contributed by atoms with Crippen molar-refractivity contribution in [1.29, 1.82) is 0 Å². The lowest BCUT2D eigenvalue weighted by Crippen LogP contribution is -2.31. The number of halogens is 2. The predicted octanol–water partition coefficient (Wildman–Crippen LogP) is 3.80. The summed E-state index contributed by atoms with van der Waals surface area (Å²) >= 11 is 5.86. The molecule has 0 heterocycles. The summed E-state index contributed by atoms with van der Waals surface area (Å²) in [4.78, 5) is 0. The van der Waals surface area contributed by atoms with Gasteiger partial charge in [0.15, 0.2) is 0 Å². The van der Waals surface area contributed by atoms with E-state index in [2.05, 4.69) is 19.2 Å². The van der Waals surface area contributed by atoms with E-state index < -0.39 is 0 Å². The molecule has 0 fully saturated rings. The van der Waals surface area contributed by atoms with Crippen LogP contribution in [0, 0.1) is 5.82 Å². The number of hydrogen-bond acceptors (Lipinski definition) is 1.